The summed E-state index contributed by atoms with van der Waals surface area (Å²) in [6.45, 7) is 1.85. The Labute approximate surface area is 192 Å². The first-order valence-electron chi connectivity index (χ1n) is 10.9. The number of anilines is 2. The zero-order valence-electron chi connectivity index (χ0n) is 18.3. The van der Waals surface area contributed by atoms with Crippen molar-refractivity contribution < 1.29 is 13.2 Å². The van der Waals surface area contributed by atoms with Crippen molar-refractivity contribution in [3.8, 4) is 22.5 Å². The van der Waals surface area contributed by atoms with Gasteiger partial charge in [-0.05, 0) is 42.7 Å². The molecule has 1 saturated heterocycles. The van der Waals surface area contributed by atoms with Crippen LogP contribution < -0.4 is 16.0 Å². The van der Waals surface area contributed by atoms with Crippen LogP contribution in [0, 0.1) is 0 Å². The summed E-state index contributed by atoms with van der Waals surface area (Å²) in [4.78, 5) is 23.3. The van der Waals surface area contributed by atoms with Gasteiger partial charge in [-0.15, -0.1) is 0 Å². The Morgan fingerprint density at radius 1 is 1.12 bits per heavy atom. The van der Waals surface area contributed by atoms with Gasteiger partial charge in [0, 0.05) is 48.3 Å². The number of nitrogens with two attached hydrogens (primary N) is 1. The van der Waals surface area contributed by atoms with Gasteiger partial charge in [0.2, 0.25) is 0 Å². The minimum Gasteiger partial charge on any atom is -0.382 e. The number of hydrogen-bond acceptors (Lipinski definition) is 7. The first kappa shape index (κ1) is 21.4. The van der Waals surface area contributed by atoms with E-state index in [9.17, 15) is 13.2 Å². The fourth-order valence-electron chi connectivity index (χ4n) is 4.48. The lowest BCUT2D eigenvalue weighted by molar-refractivity contribution is 0.0946. The number of nitrogen functional groups attached to an aromatic ring is 1. The van der Waals surface area contributed by atoms with Crippen molar-refractivity contribution in [2.45, 2.75) is 18.1 Å². The highest BCUT2D eigenvalue weighted by atomic mass is 32.2. The number of aromatic nitrogens is 2. The number of carbonyl (C=O) groups is 1. The standard InChI is InChI=1S/C24H25N5O3S/c1-33(31,32)19-9-11-29(14-19)18-5-2-15(3-6-18)21-13-27-23(25)22(28-21)17-4-7-20-16(12-17)8-10-26-24(20)30/h2-7,12-13,19H,8-11,14H2,1H3,(H2,25,27)(H,26,30)/t19-/m0/s1. The van der Waals surface area contributed by atoms with Crippen molar-refractivity contribution in [2.24, 2.45) is 0 Å². The molecule has 3 heterocycles. The van der Waals surface area contributed by atoms with Gasteiger partial charge in [-0.1, -0.05) is 18.2 Å². The van der Waals surface area contributed by atoms with Gasteiger partial charge in [0.15, 0.2) is 9.84 Å². The third kappa shape index (κ3) is 4.16. The monoisotopic (exact) mass is 463 g/mol. The molecule has 5 rings (SSSR count). The molecular weight excluding hydrogens is 438 g/mol. The lowest BCUT2D eigenvalue weighted by Gasteiger charge is -2.19. The zero-order valence-corrected chi connectivity index (χ0v) is 19.1. The Bertz CT molecular complexity index is 1340. The topological polar surface area (TPSA) is 118 Å². The second-order valence-electron chi connectivity index (χ2n) is 8.60. The molecule has 9 heteroatoms. The zero-order chi connectivity index (χ0) is 23.2. The number of hydrogen-bond donors (Lipinski definition) is 2. The van der Waals surface area contributed by atoms with E-state index >= 15 is 0 Å². The Morgan fingerprint density at radius 3 is 2.61 bits per heavy atom. The number of sulfone groups is 1. The summed E-state index contributed by atoms with van der Waals surface area (Å²) in [5.41, 5.74) is 11.8. The van der Waals surface area contributed by atoms with Crippen LogP contribution in [0.4, 0.5) is 11.5 Å². The molecule has 33 heavy (non-hydrogen) atoms. The average molecular weight is 464 g/mol. The Kier molecular flexibility index (Phi) is 5.28. The molecule has 3 N–H and O–H groups in total. The van der Waals surface area contributed by atoms with Gasteiger partial charge in [0.05, 0.1) is 17.1 Å². The average Bonchev–Trinajstić information content (AvgIpc) is 3.31. The van der Waals surface area contributed by atoms with Crippen LogP contribution in [0.25, 0.3) is 22.5 Å². The molecule has 1 aromatic heterocycles. The van der Waals surface area contributed by atoms with Crippen molar-refractivity contribution in [1.82, 2.24) is 15.3 Å². The molecule has 170 valence electrons. The van der Waals surface area contributed by atoms with Gasteiger partial charge in [-0.2, -0.15) is 0 Å². The van der Waals surface area contributed by atoms with Gasteiger partial charge < -0.3 is 16.0 Å². The summed E-state index contributed by atoms with van der Waals surface area (Å²) in [6.07, 6.45) is 4.37. The molecule has 0 aliphatic carbocycles. The molecule has 8 nitrogen and oxygen atoms in total. The summed E-state index contributed by atoms with van der Waals surface area (Å²) in [7, 11) is -3.03. The van der Waals surface area contributed by atoms with E-state index in [0.29, 0.717) is 42.3 Å². The Morgan fingerprint density at radius 2 is 1.88 bits per heavy atom. The van der Waals surface area contributed by atoms with Gasteiger partial charge in [-0.3, -0.25) is 4.79 Å². The van der Waals surface area contributed by atoms with Crippen molar-refractivity contribution in [1.29, 1.82) is 0 Å². The van der Waals surface area contributed by atoms with Gasteiger partial charge in [0.25, 0.3) is 5.91 Å². The van der Waals surface area contributed by atoms with Crippen LogP contribution in [0.15, 0.2) is 48.7 Å². The third-order valence-corrected chi connectivity index (χ3v) is 7.98. The summed E-state index contributed by atoms with van der Waals surface area (Å²) in [5.74, 6) is 0.274. The van der Waals surface area contributed by atoms with Crippen LogP contribution in [-0.4, -0.2) is 55.4 Å². The minimum absolute atomic E-state index is 0.0587. The van der Waals surface area contributed by atoms with Crippen LogP contribution in [0.2, 0.25) is 0 Å². The largest absolute Gasteiger partial charge is 0.382 e. The fraction of sp³-hybridized carbons (Fsp3) is 0.292. The van der Waals surface area contributed by atoms with Crippen molar-refractivity contribution in [3.63, 3.8) is 0 Å². The second kappa shape index (κ2) is 8.15. The molecular formula is C24H25N5O3S. The summed E-state index contributed by atoms with van der Waals surface area (Å²) in [6, 6.07) is 13.5. The van der Waals surface area contributed by atoms with Crippen LogP contribution in [0.1, 0.15) is 22.3 Å². The van der Waals surface area contributed by atoms with Crippen LogP contribution in [0.3, 0.4) is 0 Å². The number of amides is 1. The number of nitrogens with zero attached hydrogens (tertiary/aromatic N) is 3. The molecule has 3 aromatic rings. The van der Waals surface area contributed by atoms with Crippen LogP contribution in [0.5, 0.6) is 0 Å². The Balaban J connectivity index is 1.41. The summed E-state index contributed by atoms with van der Waals surface area (Å²) >= 11 is 0. The van der Waals surface area contributed by atoms with Gasteiger partial charge >= 0.3 is 0 Å². The maximum atomic E-state index is 12.0. The van der Waals surface area contributed by atoms with Crippen LogP contribution in [-0.2, 0) is 16.3 Å². The van der Waals surface area contributed by atoms with E-state index in [1.807, 2.05) is 42.5 Å². The number of fused-ring (bicyclic) bond motifs is 1. The molecule has 2 aliphatic heterocycles. The summed E-state index contributed by atoms with van der Waals surface area (Å²) in [5, 5.41) is 2.53. The molecule has 1 amide bonds. The first-order chi connectivity index (χ1) is 15.8. The van der Waals surface area contributed by atoms with Gasteiger partial charge in [0.1, 0.15) is 11.5 Å². The predicted octanol–water partition coefficient (Wildman–Crippen LogP) is 2.30. The van der Waals surface area contributed by atoms with E-state index in [1.54, 1.807) is 6.20 Å². The fourth-order valence-corrected chi connectivity index (χ4v) is 5.46. The predicted molar refractivity (Wildman–Crippen MR) is 129 cm³/mol. The van der Waals surface area contributed by atoms with Crippen molar-refractivity contribution in [3.05, 3.63) is 59.8 Å². The lowest BCUT2D eigenvalue weighted by Crippen LogP contribution is -2.31. The molecule has 1 fully saturated rings. The smallest absolute Gasteiger partial charge is 0.251 e. The highest BCUT2D eigenvalue weighted by molar-refractivity contribution is 7.91. The number of carbonyl (C=O) groups excluding carboxylic acids is 1. The third-order valence-electron chi connectivity index (χ3n) is 6.38. The first-order valence-corrected chi connectivity index (χ1v) is 12.8. The van der Waals surface area contributed by atoms with Crippen LogP contribution >= 0.6 is 0 Å². The molecule has 0 bridgehead atoms. The molecule has 0 saturated carbocycles. The molecule has 2 aromatic carbocycles. The maximum absolute atomic E-state index is 12.0. The highest BCUT2D eigenvalue weighted by Gasteiger charge is 2.30. The van der Waals surface area contributed by atoms with E-state index in [1.165, 1.54) is 6.26 Å². The SMILES string of the molecule is CS(=O)(=O)[C@H]1CCN(c2ccc(-c3cnc(N)c(-c4ccc5c(c4)CCNC5=O)n3)cc2)C1. The van der Waals surface area contributed by atoms with E-state index in [2.05, 4.69) is 15.2 Å². The van der Waals surface area contributed by atoms with E-state index < -0.39 is 9.84 Å². The molecule has 2 aliphatic rings. The Hall–Kier alpha value is -3.46. The van der Waals surface area contributed by atoms with Crippen molar-refractivity contribution in [2.75, 3.05) is 36.5 Å². The van der Waals surface area contributed by atoms with E-state index in [-0.39, 0.29) is 11.2 Å². The van der Waals surface area contributed by atoms with E-state index in [4.69, 9.17) is 10.7 Å². The highest BCUT2D eigenvalue weighted by Crippen LogP contribution is 2.30. The quantitative estimate of drug-likeness (QED) is 0.609. The number of benzene rings is 2. The maximum Gasteiger partial charge on any atom is 0.251 e. The molecule has 1 atom stereocenters. The molecule has 0 unspecified atom stereocenters. The summed E-state index contributed by atoms with van der Waals surface area (Å²) < 4.78 is 23.7. The normalized spacial score (nSPS) is 18.2. The number of rotatable bonds is 4. The minimum atomic E-state index is -3.03. The van der Waals surface area contributed by atoms with E-state index in [0.717, 1.165) is 35.3 Å². The molecule has 0 spiro atoms. The number of nitrogens with one attached hydrogen (secondary N) is 1. The van der Waals surface area contributed by atoms with Gasteiger partial charge in [-0.25, -0.2) is 18.4 Å². The van der Waals surface area contributed by atoms with Crippen molar-refractivity contribution >= 4 is 27.2 Å². The molecule has 0 radical (unpaired) electrons. The lowest BCUT2D eigenvalue weighted by atomic mass is 9.96. The second-order valence-corrected chi connectivity index (χ2v) is 10.9.